The summed E-state index contributed by atoms with van der Waals surface area (Å²) >= 11 is 5.12. The van der Waals surface area contributed by atoms with E-state index in [9.17, 15) is 4.79 Å². The maximum Gasteiger partial charge on any atom is 0.283 e. The van der Waals surface area contributed by atoms with Crippen LogP contribution < -0.4 is 5.56 Å². The fourth-order valence-electron chi connectivity index (χ4n) is 3.15. The minimum absolute atomic E-state index is 0.0526. The van der Waals surface area contributed by atoms with Crippen LogP contribution in [0.25, 0.3) is 10.2 Å². The van der Waals surface area contributed by atoms with Gasteiger partial charge in [-0.15, -0.1) is 11.3 Å². The Balaban J connectivity index is 1.85. The summed E-state index contributed by atoms with van der Waals surface area (Å²) in [6, 6.07) is 7.81. The fourth-order valence-corrected chi connectivity index (χ4v) is 4.86. The van der Waals surface area contributed by atoms with Crippen molar-refractivity contribution in [2.45, 2.75) is 32.6 Å². The summed E-state index contributed by atoms with van der Waals surface area (Å²) in [6.07, 6.45) is 6.09. The summed E-state index contributed by atoms with van der Waals surface area (Å²) < 4.78 is 2.40. The van der Waals surface area contributed by atoms with E-state index < -0.39 is 0 Å². The predicted octanol–water partition coefficient (Wildman–Crippen LogP) is 4.29. The van der Waals surface area contributed by atoms with Crippen LogP contribution in [0.4, 0.5) is 0 Å². The molecule has 2 aromatic heterocycles. The number of nitrogens with zero attached hydrogens (tertiary/aromatic N) is 3. The highest BCUT2D eigenvalue weighted by molar-refractivity contribution is 9.10. The van der Waals surface area contributed by atoms with Gasteiger partial charge in [0.1, 0.15) is 10.7 Å². The van der Waals surface area contributed by atoms with E-state index in [0.717, 1.165) is 39.5 Å². The Bertz CT molecular complexity index is 1020. The van der Waals surface area contributed by atoms with Crippen LogP contribution in [-0.4, -0.2) is 15.9 Å². The van der Waals surface area contributed by atoms with Gasteiger partial charge < -0.3 is 0 Å². The number of hydrogen-bond donors (Lipinski definition) is 0. The van der Waals surface area contributed by atoms with E-state index >= 15 is 0 Å². The smallest absolute Gasteiger partial charge is 0.267 e. The van der Waals surface area contributed by atoms with Crippen LogP contribution in [0.15, 0.2) is 38.6 Å². The zero-order chi connectivity index (χ0) is 16.7. The Morgan fingerprint density at radius 2 is 2.17 bits per heavy atom. The van der Waals surface area contributed by atoms with Crippen molar-refractivity contribution < 1.29 is 0 Å². The monoisotopic (exact) mass is 401 g/mol. The molecule has 0 spiro atoms. The Hall–Kier alpha value is -1.79. The number of rotatable bonds is 2. The average Bonchev–Trinajstić information content (AvgIpc) is 2.92. The maximum absolute atomic E-state index is 13.0. The first kappa shape index (κ1) is 15.7. The van der Waals surface area contributed by atoms with Crippen LogP contribution in [0.3, 0.4) is 0 Å². The van der Waals surface area contributed by atoms with Gasteiger partial charge in [-0.05, 0) is 55.9 Å². The third kappa shape index (κ3) is 2.74. The quantitative estimate of drug-likeness (QED) is 0.601. The van der Waals surface area contributed by atoms with Crippen LogP contribution in [0, 0.1) is 6.92 Å². The summed E-state index contributed by atoms with van der Waals surface area (Å²) in [5.41, 5.74) is 2.08. The largest absolute Gasteiger partial charge is 0.283 e. The van der Waals surface area contributed by atoms with Gasteiger partial charge in [0.2, 0.25) is 0 Å². The summed E-state index contributed by atoms with van der Waals surface area (Å²) in [5.74, 6) is 0.623. The number of aromatic nitrogens is 2. The van der Waals surface area contributed by atoms with E-state index in [0.29, 0.717) is 5.82 Å². The molecule has 0 saturated heterocycles. The minimum atomic E-state index is -0.0526. The van der Waals surface area contributed by atoms with E-state index in [1.54, 1.807) is 17.6 Å². The van der Waals surface area contributed by atoms with Crippen molar-refractivity contribution >= 4 is 43.7 Å². The molecule has 0 radical (unpaired) electrons. The lowest BCUT2D eigenvalue weighted by Crippen LogP contribution is -2.21. The van der Waals surface area contributed by atoms with Gasteiger partial charge >= 0.3 is 0 Å². The minimum Gasteiger partial charge on any atom is -0.267 e. The first-order valence-electron chi connectivity index (χ1n) is 7.97. The second-order valence-electron chi connectivity index (χ2n) is 5.97. The van der Waals surface area contributed by atoms with Crippen LogP contribution in [-0.2, 0) is 12.8 Å². The van der Waals surface area contributed by atoms with Crippen molar-refractivity contribution in [3.63, 3.8) is 0 Å². The molecule has 6 heteroatoms. The molecule has 0 aliphatic heterocycles. The number of halogens is 1. The number of benzene rings is 1. The molecule has 1 aliphatic rings. The Kier molecular flexibility index (Phi) is 4.10. The summed E-state index contributed by atoms with van der Waals surface area (Å²) in [6.45, 7) is 1.83. The highest BCUT2D eigenvalue weighted by atomic mass is 79.9. The molecule has 0 N–H and O–H groups in total. The molecule has 0 bridgehead atoms. The van der Waals surface area contributed by atoms with Gasteiger partial charge in [0.15, 0.2) is 0 Å². The Labute approximate surface area is 152 Å². The van der Waals surface area contributed by atoms with E-state index in [2.05, 4.69) is 26.0 Å². The molecule has 3 aromatic rings. The molecule has 0 fully saturated rings. The molecular weight excluding hydrogens is 386 g/mol. The SMILES string of the molecule is Cc1nc2sc3c(c2c(=O)n1/N=C\c1cccc(Br)c1)CCCC3. The topological polar surface area (TPSA) is 47.2 Å². The first-order chi connectivity index (χ1) is 11.6. The summed E-state index contributed by atoms with van der Waals surface area (Å²) in [7, 11) is 0. The Morgan fingerprint density at radius 3 is 3.00 bits per heavy atom. The van der Waals surface area contributed by atoms with Crippen molar-refractivity contribution in [2.24, 2.45) is 5.10 Å². The predicted molar refractivity (Wildman–Crippen MR) is 102 cm³/mol. The summed E-state index contributed by atoms with van der Waals surface area (Å²) in [5, 5.41) is 5.17. The van der Waals surface area contributed by atoms with Crippen molar-refractivity contribution in [3.8, 4) is 0 Å². The molecule has 0 saturated carbocycles. The van der Waals surface area contributed by atoms with Crippen LogP contribution in [0.1, 0.15) is 34.7 Å². The molecule has 24 heavy (non-hydrogen) atoms. The van der Waals surface area contributed by atoms with E-state index in [-0.39, 0.29) is 5.56 Å². The van der Waals surface area contributed by atoms with Gasteiger partial charge in [-0.1, -0.05) is 28.1 Å². The number of hydrogen-bond acceptors (Lipinski definition) is 4. The number of fused-ring (bicyclic) bond motifs is 3. The lowest BCUT2D eigenvalue weighted by molar-refractivity contribution is 0.698. The molecule has 4 rings (SSSR count). The van der Waals surface area contributed by atoms with Gasteiger partial charge in [-0.25, -0.2) is 4.98 Å². The van der Waals surface area contributed by atoms with Gasteiger partial charge in [-0.3, -0.25) is 4.79 Å². The van der Waals surface area contributed by atoms with Crippen LogP contribution in [0.2, 0.25) is 0 Å². The second kappa shape index (κ2) is 6.26. The van der Waals surface area contributed by atoms with Gasteiger partial charge in [0.05, 0.1) is 11.6 Å². The van der Waals surface area contributed by atoms with Gasteiger partial charge in [0.25, 0.3) is 5.56 Å². The lowest BCUT2D eigenvalue weighted by atomic mass is 9.97. The van der Waals surface area contributed by atoms with Gasteiger partial charge in [0, 0.05) is 9.35 Å². The van der Waals surface area contributed by atoms with Crippen LogP contribution in [0.5, 0.6) is 0 Å². The van der Waals surface area contributed by atoms with Crippen molar-refractivity contribution in [2.75, 3.05) is 0 Å². The molecule has 4 nitrogen and oxygen atoms in total. The molecule has 0 atom stereocenters. The Morgan fingerprint density at radius 1 is 1.33 bits per heavy atom. The van der Waals surface area contributed by atoms with Crippen LogP contribution >= 0.6 is 27.3 Å². The average molecular weight is 402 g/mol. The molecule has 1 aliphatic carbocycles. The fraction of sp³-hybridized carbons (Fsp3) is 0.278. The molecule has 0 amide bonds. The maximum atomic E-state index is 13.0. The van der Waals surface area contributed by atoms with Crippen molar-refractivity contribution in [1.29, 1.82) is 0 Å². The van der Waals surface area contributed by atoms with E-state index in [1.165, 1.54) is 21.5 Å². The van der Waals surface area contributed by atoms with Crippen molar-refractivity contribution in [3.05, 3.63) is 60.9 Å². The van der Waals surface area contributed by atoms with Gasteiger partial charge in [-0.2, -0.15) is 9.78 Å². The molecule has 122 valence electrons. The first-order valence-corrected chi connectivity index (χ1v) is 9.58. The molecule has 0 unspecified atom stereocenters. The molecule has 1 aromatic carbocycles. The standard InChI is InChI=1S/C18H16BrN3OS/c1-11-21-17-16(14-7-2-3-8-15(14)24-17)18(23)22(11)20-10-12-5-4-6-13(19)9-12/h4-6,9-10H,2-3,7-8H2,1H3/b20-10-. The normalized spacial score (nSPS) is 14.4. The third-order valence-corrected chi connectivity index (χ3v) is 5.98. The van der Waals surface area contributed by atoms with E-state index in [4.69, 9.17) is 0 Å². The molecular formula is C18H16BrN3OS. The zero-order valence-electron chi connectivity index (χ0n) is 13.3. The number of aryl methyl sites for hydroxylation is 3. The molecule has 2 heterocycles. The second-order valence-corrected chi connectivity index (χ2v) is 7.97. The zero-order valence-corrected chi connectivity index (χ0v) is 15.7. The lowest BCUT2D eigenvalue weighted by Gasteiger charge is -2.10. The van der Waals surface area contributed by atoms with Crippen molar-refractivity contribution in [1.82, 2.24) is 9.66 Å². The third-order valence-electron chi connectivity index (χ3n) is 4.30. The summed E-state index contributed by atoms with van der Waals surface area (Å²) in [4.78, 5) is 19.8. The highest BCUT2D eigenvalue weighted by Gasteiger charge is 2.20. The highest BCUT2D eigenvalue weighted by Crippen LogP contribution is 2.33. The van der Waals surface area contributed by atoms with E-state index in [1.807, 2.05) is 31.2 Å². The number of thiophene rings is 1.